The van der Waals surface area contributed by atoms with Gasteiger partial charge in [-0.1, -0.05) is 41.9 Å². The number of carbonyl (C=O) groups is 3. The number of hydrogen-bond donors (Lipinski definition) is 2. The maximum Gasteiger partial charge on any atom is 0.330 e. The van der Waals surface area contributed by atoms with Gasteiger partial charge in [0.2, 0.25) is 0 Å². The highest BCUT2D eigenvalue weighted by Crippen LogP contribution is 2.17. The van der Waals surface area contributed by atoms with Gasteiger partial charge in [0.1, 0.15) is 0 Å². The minimum absolute atomic E-state index is 0.327. The third-order valence-electron chi connectivity index (χ3n) is 3.35. The number of carbonyl (C=O) groups excluding carboxylic acids is 2. The Labute approximate surface area is 143 Å². The fourth-order valence-electron chi connectivity index (χ4n) is 2.03. The summed E-state index contributed by atoms with van der Waals surface area (Å²) >= 11 is 5.77. The molecule has 0 fully saturated rings. The standard InChI is InChI=1S/C17H15ClN2O4/c1-20(15(21)12-5-3-2-4-6-12)17(24)19-14(16(22)23)11-7-9-13(18)10-8-11/h2-10,14H,1H3,(H,19,24)(H,22,23). The molecule has 0 bridgehead atoms. The van der Waals surface area contributed by atoms with Gasteiger partial charge in [-0.2, -0.15) is 0 Å². The Bertz CT molecular complexity index is 747. The van der Waals surface area contributed by atoms with Crippen molar-refractivity contribution in [3.05, 3.63) is 70.7 Å². The molecule has 0 aromatic heterocycles. The second-order valence-corrected chi connectivity index (χ2v) is 5.44. The first kappa shape index (κ1) is 17.5. The quantitative estimate of drug-likeness (QED) is 0.891. The molecule has 1 atom stereocenters. The Morgan fingerprint density at radius 1 is 1.04 bits per heavy atom. The van der Waals surface area contributed by atoms with Crippen LogP contribution >= 0.6 is 11.6 Å². The molecular weight excluding hydrogens is 332 g/mol. The van der Waals surface area contributed by atoms with Crippen LogP contribution in [0.4, 0.5) is 4.79 Å². The fraction of sp³-hybridized carbons (Fsp3) is 0.118. The molecule has 24 heavy (non-hydrogen) atoms. The molecule has 0 aliphatic carbocycles. The lowest BCUT2D eigenvalue weighted by molar-refractivity contribution is -0.139. The summed E-state index contributed by atoms with van der Waals surface area (Å²) in [6.45, 7) is 0. The van der Waals surface area contributed by atoms with Crippen molar-refractivity contribution in [2.75, 3.05) is 7.05 Å². The number of nitrogens with zero attached hydrogens (tertiary/aromatic N) is 1. The molecule has 6 nitrogen and oxygen atoms in total. The van der Waals surface area contributed by atoms with E-state index in [0.29, 0.717) is 16.1 Å². The summed E-state index contributed by atoms with van der Waals surface area (Å²) in [4.78, 5) is 36.7. The zero-order chi connectivity index (χ0) is 17.7. The smallest absolute Gasteiger partial charge is 0.330 e. The van der Waals surface area contributed by atoms with Crippen LogP contribution in [0, 0.1) is 0 Å². The number of rotatable bonds is 4. The summed E-state index contributed by atoms with van der Waals surface area (Å²) < 4.78 is 0. The van der Waals surface area contributed by atoms with E-state index in [2.05, 4.69) is 5.32 Å². The summed E-state index contributed by atoms with van der Waals surface area (Å²) in [5.41, 5.74) is 0.675. The zero-order valence-corrected chi connectivity index (χ0v) is 13.5. The predicted molar refractivity (Wildman–Crippen MR) is 88.9 cm³/mol. The predicted octanol–water partition coefficient (Wildman–Crippen LogP) is 2.95. The molecule has 2 aromatic carbocycles. The van der Waals surface area contributed by atoms with Gasteiger partial charge < -0.3 is 10.4 Å². The van der Waals surface area contributed by atoms with Crippen molar-refractivity contribution in [1.82, 2.24) is 10.2 Å². The summed E-state index contributed by atoms with van der Waals surface area (Å²) in [6, 6.07) is 12.2. The van der Waals surface area contributed by atoms with Crippen LogP contribution in [0.2, 0.25) is 5.02 Å². The van der Waals surface area contributed by atoms with Crippen molar-refractivity contribution < 1.29 is 19.5 Å². The van der Waals surface area contributed by atoms with E-state index in [1.807, 2.05) is 0 Å². The van der Waals surface area contributed by atoms with E-state index < -0.39 is 23.9 Å². The lowest BCUT2D eigenvalue weighted by Crippen LogP contribution is -2.44. The Morgan fingerprint density at radius 2 is 1.62 bits per heavy atom. The molecule has 0 saturated carbocycles. The average Bonchev–Trinajstić information content (AvgIpc) is 2.59. The lowest BCUT2D eigenvalue weighted by atomic mass is 10.1. The van der Waals surface area contributed by atoms with Gasteiger partial charge in [0.05, 0.1) is 0 Å². The first-order chi connectivity index (χ1) is 11.4. The number of hydrogen-bond acceptors (Lipinski definition) is 3. The molecule has 3 amide bonds. The van der Waals surface area contributed by atoms with E-state index in [4.69, 9.17) is 11.6 Å². The first-order valence-corrected chi connectivity index (χ1v) is 7.40. The molecule has 1 unspecified atom stereocenters. The molecule has 124 valence electrons. The van der Waals surface area contributed by atoms with E-state index in [-0.39, 0.29) is 0 Å². The van der Waals surface area contributed by atoms with E-state index in [1.165, 1.54) is 31.3 Å². The number of nitrogens with one attached hydrogen (secondary N) is 1. The van der Waals surface area contributed by atoms with E-state index in [1.54, 1.807) is 30.3 Å². The maximum absolute atomic E-state index is 12.2. The van der Waals surface area contributed by atoms with E-state index in [0.717, 1.165) is 4.90 Å². The summed E-state index contributed by atoms with van der Waals surface area (Å²) in [7, 11) is 1.28. The Morgan fingerprint density at radius 3 is 2.17 bits per heavy atom. The van der Waals surface area contributed by atoms with Crippen molar-refractivity contribution in [3.63, 3.8) is 0 Å². The van der Waals surface area contributed by atoms with Crippen molar-refractivity contribution in [2.24, 2.45) is 0 Å². The largest absolute Gasteiger partial charge is 0.479 e. The van der Waals surface area contributed by atoms with Gasteiger partial charge in [0.25, 0.3) is 5.91 Å². The van der Waals surface area contributed by atoms with Gasteiger partial charge in [0, 0.05) is 17.6 Å². The fourth-order valence-corrected chi connectivity index (χ4v) is 2.16. The van der Waals surface area contributed by atoms with Crippen LogP contribution in [0.15, 0.2) is 54.6 Å². The minimum Gasteiger partial charge on any atom is -0.479 e. The van der Waals surface area contributed by atoms with E-state index in [9.17, 15) is 19.5 Å². The van der Waals surface area contributed by atoms with E-state index >= 15 is 0 Å². The van der Waals surface area contributed by atoms with Crippen LogP contribution in [-0.4, -0.2) is 35.0 Å². The van der Waals surface area contributed by atoms with Gasteiger partial charge in [-0.3, -0.25) is 9.69 Å². The van der Waals surface area contributed by atoms with Gasteiger partial charge in [-0.25, -0.2) is 9.59 Å². The molecule has 0 aliphatic heterocycles. The average molecular weight is 347 g/mol. The Hall–Kier alpha value is -2.86. The number of carboxylic acid groups (broad SMARTS) is 1. The molecule has 0 saturated heterocycles. The Kier molecular flexibility index (Phi) is 5.55. The molecule has 0 heterocycles. The topological polar surface area (TPSA) is 86.7 Å². The summed E-state index contributed by atoms with van der Waals surface area (Å²) in [6.07, 6.45) is 0. The number of imide groups is 1. The molecule has 0 spiro atoms. The van der Waals surface area contributed by atoms with Gasteiger partial charge in [-0.05, 0) is 29.8 Å². The highest BCUT2D eigenvalue weighted by Gasteiger charge is 2.26. The lowest BCUT2D eigenvalue weighted by Gasteiger charge is -2.20. The van der Waals surface area contributed by atoms with Crippen molar-refractivity contribution in [2.45, 2.75) is 6.04 Å². The normalized spacial score (nSPS) is 11.4. The SMILES string of the molecule is CN(C(=O)NC(C(=O)O)c1ccc(Cl)cc1)C(=O)c1ccccc1. The molecule has 0 radical (unpaired) electrons. The molecule has 2 N–H and O–H groups in total. The summed E-state index contributed by atoms with van der Waals surface area (Å²) in [5.74, 6) is -1.78. The number of benzene rings is 2. The van der Waals surface area contributed by atoms with Gasteiger partial charge in [-0.15, -0.1) is 0 Å². The van der Waals surface area contributed by atoms with Crippen LogP contribution in [0.5, 0.6) is 0 Å². The van der Waals surface area contributed by atoms with Crippen LogP contribution in [-0.2, 0) is 4.79 Å². The van der Waals surface area contributed by atoms with Crippen LogP contribution in [0.25, 0.3) is 0 Å². The molecule has 7 heteroatoms. The zero-order valence-electron chi connectivity index (χ0n) is 12.8. The minimum atomic E-state index is -1.29. The number of aliphatic carboxylic acids is 1. The van der Waals surface area contributed by atoms with Crippen molar-refractivity contribution in [1.29, 1.82) is 0 Å². The maximum atomic E-state index is 12.2. The highest BCUT2D eigenvalue weighted by atomic mass is 35.5. The second-order valence-electron chi connectivity index (χ2n) is 5.00. The van der Waals surface area contributed by atoms with Crippen molar-refractivity contribution in [3.8, 4) is 0 Å². The van der Waals surface area contributed by atoms with Gasteiger partial charge in [0.15, 0.2) is 6.04 Å². The number of urea groups is 1. The third kappa shape index (κ3) is 4.11. The monoisotopic (exact) mass is 346 g/mol. The van der Waals surface area contributed by atoms with Crippen LogP contribution in [0.1, 0.15) is 22.0 Å². The van der Waals surface area contributed by atoms with Crippen LogP contribution in [0.3, 0.4) is 0 Å². The molecule has 0 aliphatic rings. The van der Waals surface area contributed by atoms with Gasteiger partial charge >= 0.3 is 12.0 Å². The second kappa shape index (κ2) is 7.61. The highest BCUT2D eigenvalue weighted by molar-refractivity contribution is 6.30. The first-order valence-electron chi connectivity index (χ1n) is 7.02. The molecule has 2 aromatic rings. The third-order valence-corrected chi connectivity index (χ3v) is 3.60. The summed E-state index contributed by atoms with van der Waals surface area (Å²) in [5, 5.41) is 12.1. The Balaban J connectivity index is 2.14. The number of amides is 3. The number of carboxylic acids is 1. The molecule has 2 rings (SSSR count). The van der Waals surface area contributed by atoms with Crippen LogP contribution < -0.4 is 5.32 Å². The van der Waals surface area contributed by atoms with Crippen molar-refractivity contribution >= 4 is 29.5 Å². The number of halogens is 1. The molecular formula is C17H15ClN2O4.